The summed E-state index contributed by atoms with van der Waals surface area (Å²) in [5.74, 6) is 1.05. The molecule has 2 atom stereocenters. The molecule has 142 valence electrons. The number of hydrogen-bond acceptors (Lipinski definition) is 7. The van der Waals surface area contributed by atoms with Crippen LogP contribution in [0.1, 0.15) is 30.7 Å². The first-order valence-electron chi connectivity index (χ1n) is 9.44. The number of thiazole rings is 1. The van der Waals surface area contributed by atoms with Gasteiger partial charge in [-0.1, -0.05) is 0 Å². The number of ether oxygens (including phenoxy) is 2. The zero-order chi connectivity index (χ0) is 17.6. The highest BCUT2D eigenvalue weighted by Gasteiger charge is 2.30. The number of nitrogens with one attached hydrogen (secondary N) is 1. The predicted molar refractivity (Wildman–Crippen MR) is 100 cm³/mol. The van der Waals surface area contributed by atoms with Crippen molar-refractivity contribution < 1.29 is 13.9 Å². The van der Waals surface area contributed by atoms with Crippen LogP contribution in [0.5, 0.6) is 0 Å². The molecular formula is C19H27N3O3S. The molecule has 0 saturated carbocycles. The van der Waals surface area contributed by atoms with Crippen molar-refractivity contribution in [3.8, 4) is 0 Å². The van der Waals surface area contributed by atoms with Gasteiger partial charge in [0.15, 0.2) is 0 Å². The minimum Gasteiger partial charge on any atom is -0.468 e. The summed E-state index contributed by atoms with van der Waals surface area (Å²) >= 11 is 1.61. The lowest BCUT2D eigenvalue weighted by molar-refractivity contribution is -0.0792. The zero-order valence-electron chi connectivity index (χ0n) is 15.0. The summed E-state index contributed by atoms with van der Waals surface area (Å²) in [7, 11) is 0. The second-order valence-electron chi connectivity index (χ2n) is 7.10. The third-order valence-corrected chi connectivity index (χ3v) is 5.87. The maximum absolute atomic E-state index is 6.11. The first-order chi connectivity index (χ1) is 12.9. The fourth-order valence-electron chi connectivity index (χ4n) is 3.75. The van der Waals surface area contributed by atoms with Crippen LogP contribution in [-0.4, -0.2) is 54.4 Å². The average molecular weight is 378 g/mol. The maximum atomic E-state index is 6.11. The van der Waals surface area contributed by atoms with Crippen molar-refractivity contribution in [1.82, 2.24) is 15.2 Å². The quantitative estimate of drug-likeness (QED) is 0.801. The van der Waals surface area contributed by atoms with E-state index in [1.807, 2.05) is 17.0 Å². The average Bonchev–Trinajstić information content (AvgIpc) is 3.37. The van der Waals surface area contributed by atoms with Crippen LogP contribution in [0.25, 0.3) is 0 Å². The third-order valence-electron chi connectivity index (χ3n) is 5.23. The minimum absolute atomic E-state index is 0.103. The van der Waals surface area contributed by atoms with E-state index in [1.165, 1.54) is 0 Å². The van der Waals surface area contributed by atoms with Gasteiger partial charge in [-0.25, -0.2) is 4.98 Å². The summed E-state index contributed by atoms with van der Waals surface area (Å²) < 4.78 is 17.2. The number of rotatable bonds is 7. The molecule has 1 N–H and O–H groups in total. The zero-order valence-corrected chi connectivity index (χ0v) is 15.8. The lowest BCUT2D eigenvalue weighted by Gasteiger charge is -2.38. The molecule has 2 fully saturated rings. The van der Waals surface area contributed by atoms with Crippen LogP contribution in [0, 0.1) is 0 Å². The highest BCUT2D eigenvalue weighted by Crippen LogP contribution is 2.19. The van der Waals surface area contributed by atoms with E-state index < -0.39 is 0 Å². The molecule has 0 radical (unpaired) electrons. The Hall–Kier alpha value is -1.25. The van der Waals surface area contributed by atoms with Crippen LogP contribution in [0.15, 0.2) is 33.7 Å². The Balaban J connectivity index is 1.23. The van der Waals surface area contributed by atoms with Crippen LogP contribution in [-0.2, 0) is 22.6 Å². The molecule has 0 spiro atoms. The van der Waals surface area contributed by atoms with Gasteiger partial charge in [-0.05, 0) is 31.4 Å². The lowest BCUT2D eigenvalue weighted by Crippen LogP contribution is -2.53. The van der Waals surface area contributed by atoms with Crippen LogP contribution < -0.4 is 5.32 Å². The second kappa shape index (κ2) is 9.10. The van der Waals surface area contributed by atoms with E-state index in [4.69, 9.17) is 13.9 Å². The Morgan fingerprint density at radius 1 is 1.31 bits per heavy atom. The molecule has 2 aromatic rings. The van der Waals surface area contributed by atoms with E-state index in [9.17, 15) is 0 Å². The summed E-state index contributed by atoms with van der Waals surface area (Å²) in [6.45, 7) is 5.16. The van der Waals surface area contributed by atoms with E-state index in [0.29, 0.717) is 25.3 Å². The number of furan rings is 1. The SMILES string of the molecule is c1coc(CN2CCC(N[C@@H]3CCOC[C@H]3OCc3cscn3)CC2)c1. The summed E-state index contributed by atoms with van der Waals surface area (Å²) in [5.41, 5.74) is 2.85. The van der Waals surface area contributed by atoms with Gasteiger partial charge in [0.25, 0.3) is 0 Å². The number of piperidine rings is 1. The first-order valence-corrected chi connectivity index (χ1v) is 10.4. The van der Waals surface area contributed by atoms with E-state index in [2.05, 4.69) is 21.3 Å². The highest BCUT2D eigenvalue weighted by atomic mass is 32.1. The molecule has 26 heavy (non-hydrogen) atoms. The molecule has 2 aromatic heterocycles. The van der Waals surface area contributed by atoms with Crippen molar-refractivity contribution in [3.05, 3.63) is 40.7 Å². The Labute approximate surface area is 158 Å². The smallest absolute Gasteiger partial charge is 0.117 e. The van der Waals surface area contributed by atoms with E-state index >= 15 is 0 Å². The summed E-state index contributed by atoms with van der Waals surface area (Å²) in [5, 5.41) is 5.89. The van der Waals surface area contributed by atoms with Gasteiger partial charge in [0.2, 0.25) is 0 Å². The van der Waals surface area contributed by atoms with Crippen molar-refractivity contribution in [1.29, 1.82) is 0 Å². The first kappa shape index (κ1) is 18.1. The van der Waals surface area contributed by atoms with E-state index in [1.54, 1.807) is 17.6 Å². The van der Waals surface area contributed by atoms with E-state index in [-0.39, 0.29) is 6.10 Å². The fraction of sp³-hybridized carbons (Fsp3) is 0.632. The monoisotopic (exact) mass is 377 g/mol. The third kappa shape index (κ3) is 4.92. The predicted octanol–water partition coefficient (Wildman–Crippen LogP) is 2.66. The van der Waals surface area contributed by atoms with Gasteiger partial charge in [0.05, 0.1) is 43.3 Å². The van der Waals surface area contributed by atoms with Gasteiger partial charge in [-0.2, -0.15) is 0 Å². The van der Waals surface area contributed by atoms with Gasteiger partial charge >= 0.3 is 0 Å². The molecule has 0 unspecified atom stereocenters. The Kier molecular flexibility index (Phi) is 6.35. The molecule has 2 aliphatic heterocycles. The van der Waals surface area contributed by atoms with Gasteiger partial charge < -0.3 is 19.2 Å². The van der Waals surface area contributed by atoms with Gasteiger partial charge in [-0.3, -0.25) is 4.90 Å². The van der Waals surface area contributed by atoms with Gasteiger partial charge in [-0.15, -0.1) is 11.3 Å². The molecule has 0 aliphatic carbocycles. The fourth-order valence-corrected chi connectivity index (χ4v) is 4.29. The highest BCUT2D eigenvalue weighted by molar-refractivity contribution is 7.07. The Bertz CT molecular complexity index is 627. The summed E-state index contributed by atoms with van der Waals surface area (Å²) in [6.07, 6.45) is 5.19. The van der Waals surface area contributed by atoms with Crippen LogP contribution >= 0.6 is 11.3 Å². The number of hydrogen-bond donors (Lipinski definition) is 1. The van der Waals surface area contributed by atoms with Crippen molar-refractivity contribution >= 4 is 11.3 Å². The molecule has 2 saturated heterocycles. The van der Waals surface area contributed by atoms with Crippen molar-refractivity contribution in [3.63, 3.8) is 0 Å². The number of aromatic nitrogens is 1. The van der Waals surface area contributed by atoms with Crippen LogP contribution in [0.4, 0.5) is 0 Å². The molecule has 4 heterocycles. The summed E-state index contributed by atoms with van der Waals surface area (Å²) in [6, 6.07) is 4.93. The molecular weight excluding hydrogens is 350 g/mol. The van der Waals surface area contributed by atoms with Crippen LogP contribution in [0.2, 0.25) is 0 Å². The normalized spacial score (nSPS) is 25.5. The van der Waals surface area contributed by atoms with E-state index in [0.717, 1.165) is 57.0 Å². The van der Waals surface area contributed by atoms with Gasteiger partial charge in [0.1, 0.15) is 5.76 Å². The Morgan fingerprint density at radius 3 is 3.00 bits per heavy atom. The number of nitrogens with zero attached hydrogens (tertiary/aromatic N) is 2. The molecule has 2 aliphatic rings. The van der Waals surface area contributed by atoms with Crippen LogP contribution in [0.3, 0.4) is 0 Å². The van der Waals surface area contributed by atoms with Gasteiger partial charge in [0, 0.05) is 37.2 Å². The standard InChI is InChI=1S/C19H27N3O3S/c1-2-17(24-8-1)10-22-6-3-15(4-7-22)21-18-5-9-23-12-19(18)25-11-16-13-26-14-20-16/h1-2,8,13-15,18-19,21H,3-7,9-12H2/t18-,19-/m1/s1. The maximum Gasteiger partial charge on any atom is 0.117 e. The molecule has 4 rings (SSSR count). The van der Waals surface area contributed by atoms with Crippen molar-refractivity contribution in [2.45, 2.75) is 50.6 Å². The molecule has 6 nitrogen and oxygen atoms in total. The second-order valence-corrected chi connectivity index (χ2v) is 7.81. The minimum atomic E-state index is 0.103. The van der Waals surface area contributed by atoms with Crippen molar-refractivity contribution in [2.75, 3.05) is 26.3 Å². The lowest BCUT2D eigenvalue weighted by atomic mass is 9.99. The molecule has 0 aromatic carbocycles. The number of likely N-dealkylation sites (tertiary alicyclic amines) is 1. The summed E-state index contributed by atoms with van der Waals surface area (Å²) in [4.78, 5) is 6.77. The Morgan fingerprint density at radius 2 is 2.23 bits per heavy atom. The molecule has 7 heteroatoms. The van der Waals surface area contributed by atoms with Crippen molar-refractivity contribution in [2.24, 2.45) is 0 Å². The topological polar surface area (TPSA) is 59.8 Å². The molecule has 0 bridgehead atoms. The largest absolute Gasteiger partial charge is 0.468 e. The molecule has 0 amide bonds.